The Labute approximate surface area is 161 Å². The molecule has 0 N–H and O–H groups in total. The SMILES string of the molecule is CCN1CCN(C(=O)C2=C(C)C(=O)OC23CCN(S(=O)(=O)CC)CC3)CC1. The van der Waals surface area contributed by atoms with Crippen LogP contribution < -0.4 is 0 Å². The largest absolute Gasteiger partial charge is 0.450 e. The van der Waals surface area contributed by atoms with E-state index in [-0.39, 0.29) is 24.7 Å². The van der Waals surface area contributed by atoms with Gasteiger partial charge in [0.1, 0.15) is 5.60 Å². The number of sulfonamides is 1. The van der Waals surface area contributed by atoms with Crippen molar-refractivity contribution in [2.75, 3.05) is 51.6 Å². The molecule has 9 heteroatoms. The van der Waals surface area contributed by atoms with Crippen molar-refractivity contribution >= 4 is 21.9 Å². The van der Waals surface area contributed by atoms with Gasteiger partial charge in [0.25, 0.3) is 5.91 Å². The summed E-state index contributed by atoms with van der Waals surface area (Å²) in [6, 6.07) is 0. The third kappa shape index (κ3) is 3.64. The molecule has 0 atom stereocenters. The normalized spacial score (nSPS) is 24.6. The lowest BCUT2D eigenvalue weighted by atomic mass is 9.83. The summed E-state index contributed by atoms with van der Waals surface area (Å²) >= 11 is 0. The summed E-state index contributed by atoms with van der Waals surface area (Å²) in [5.41, 5.74) is -0.185. The van der Waals surface area contributed by atoms with Gasteiger partial charge in [0.05, 0.1) is 11.3 Å². The van der Waals surface area contributed by atoms with E-state index >= 15 is 0 Å². The second kappa shape index (κ2) is 7.52. The highest BCUT2D eigenvalue weighted by Crippen LogP contribution is 2.42. The fraction of sp³-hybridized carbons (Fsp3) is 0.778. The summed E-state index contributed by atoms with van der Waals surface area (Å²) in [5.74, 6) is -0.555. The van der Waals surface area contributed by atoms with Crippen LogP contribution in [0.15, 0.2) is 11.1 Å². The van der Waals surface area contributed by atoms with Gasteiger partial charge in [-0.1, -0.05) is 6.92 Å². The molecule has 1 amide bonds. The molecule has 1 spiro atoms. The van der Waals surface area contributed by atoms with Crippen molar-refractivity contribution in [2.45, 2.75) is 39.2 Å². The Hall–Kier alpha value is -1.45. The molecule has 0 aliphatic carbocycles. The van der Waals surface area contributed by atoms with Crippen LogP contribution in [0, 0.1) is 0 Å². The smallest absolute Gasteiger partial charge is 0.335 e. The molecule has 0 saturated carbocycles. The lowest BCUT2D eigenvalue weighted by molar-refractivity contribution is -0.150. The highest BCUT2D eigenvalue weighted by molar-refractivity contribution is 7.89. The van der Waals surface area contributed by atoms with E-state index in [1.807, 2.05) is 0 Å². The second-order valence-corrected chi connectivity index (χ2v) is 9.67. The van der Waals surface area contributed by atoms with E-state index in [0.29, 0.717) is 37.1 Å². The van der Waals surface area contributed by atoms with Crippen LogP contribution in [0.1, 0.15) is 33.6 Å². The van der Waals surface area contributed by atoms with Crippen LogP contribution in [0.3, 0.4) is 0 Å². The van der Waals surface area contributed by atoms with Crippen LogP contribution in [0.2, 0.25) is 0 Å². The van der Waals surface area contributed by atoms with E-state index in [9.17, 15) is 18.0 Å². The van der Waals surface area contributed by atoms with Crippen LogP contribution in [0.25, 0.3) is 0 Å². The maximum absolute atomic E-state index is 13.2. The summed E-state index contributed by atoms with van der Waals surface area (Å²) < 4.78 is 31.4. The van der Waals surface area contributed by atoms with Gasteiger partial charge in [-0.3, -0.25) is 4.79 Å². The minimum atomic E-state index is -3.29. The minimum Gasteiger partial charge on any atom is -0.450 e. The van der Waals surface area contributed by atoms with Gasteiger partial charge in [0, 0.05) is 57.7 Å². The first-order valence-corrected chi connectivity index (χ1v) is 11.3. The molecule has 2 fully saturated rings. The van der Waals surface area contributed by atoms with E-state index in [1.165, 1.54) is 4.31 Å². The number of esters is 1. The number of hydrogen-bond acceptors (Lipinski definition) is 6. The summed E-state index contributed by atoms with van der Waals surface area (Å²) in [7, 11) is -3.29. The fourth-order valence-corrected chi connectivity index (χ4v) is 5.29. The van der Waals surface area contributed by atoms with E-state index in [0.717, 1.165) is 19.6 Å². The van der Waals surface area contributed by atoms with E-state index in [1.54, 1.807) is 18.7 Å². The van der Waals surface area contributed by atoms with Crippen molar-refractivity contribution in [3.8, 4) is 0 Å². The standard InChI is InChI=1S/C18H29N3O5S/c1-4-19-10-12-20(13-11-19)16(22)15-14(3)17(23)26-18(15)6-8-21(9-7-18)27(24,25)5-2/h4-13H2,1-3H3. The third-order valence-electron chi connectivity index (χ3n) is 6.03. The predicted octanol–water partition coefficient (Wildman–Crippen LogP) is 0.208. The van der Waals surface area contributed by atoms with Gasteiger partial charge in [0.15, 0.2) is 0 Å². The summed E-state index contributed by atoms with van der Waals surface area (Å²) in [6.07, 6.45) is 0.649. The van der Waals surface area contributed by atoms with E-state index < -0.39 is 21.6 Å². The predicted molar refractivity (Wildman–Crippen MR) is 100 cm³/mol. The first kappa shape index (κ1) is 20.3. The van der Waals surface area contributed by atoms with Gasteiger partial charge >= 0.3 is 5.97 Å². The van der Waals surface area contributed by atoms with Crippen molar-refractivity contribution < 1.29 is 22.7 Å². The number of piperidine rings is 1. The number of ether oxygens (including phenoxy) is 1. The van der Waals surface area contributed by atoms with Gasteiger partial charge in [-0.2, -0.15) is 0 Å². The molecule has 0 radical (unpaired) electrons. The van der Waals surface area contributed by atoms with Gasteiger partial charge in [-0.25, -0.2) is 17.5 Å². The average molecular weight is 400 g/mol. The molecular formula is C18H29N3O5S. The Kier molecular flexibility index (Phi) is 5.65. The lowest BCUT2D eigenvalue weighted by Crippen LogP contribution is -2.53. The molecule has 0 aromatic heterocycles. The topological polar surface area (TPSA) is 87.2 Å². The number of nitrogens with zero attached hydrogens (tertiary/aromatic N) is 3. The fourth-order valence-electron chi connectivity index (χ4n) is 4.19. The summed E-state index contributed by atoms with van der Waals surface area (Å²) in [6.45, 7) is 9.73. The molecule has 8 nitrogen and oxygen atoms in total. The maximum atomic E-state index is 13.2. The van der Waals surface area contributed by atoms with Crippen molar-refractivity contribution in [3.63, 3.8) is 0 Å². The molecule has 0 aromatic rings. The van der Waals surface area contributed by atoms with Crippen LogP contribution in [-0.2, 0) is 24.3 Å². The van der Waals surface area contributed by atoms with Crippen LogP contribution in [0.5, 0.6) is 0 Å². The van der Waals surface area contributed by atoms with Gasteiger partial charge in [0.2, 0.25) is 10.0 Å². The van der Waals surface area contributed by atoms with Crippen LogP contribution in [0.4, 0.5) is 0 Å². The van der Waals surface area contributed by atoms with E-state index in [4.69, 9.17) is 4.74 Å². The lowest BCUT2D eigenvalue weighted by Gasteiger charge is -2.41. The first-order valence-electron chi connectivity index (χ1n) is 9.68. The van der Waals surface area contributed by atoms with Crippen molar-refractivity contribution in [2.24, 2.45) is 0 Å². The third-order valence-corrected chi connectivity index (χ3v) is 7.92. The molecule has 0 aromatic carbocycles. The zero-order chi connectivity index (χ0) is 19.8. The minimum absolute atomic E-state index is 0.0438. The number of amides is 1. The molecule has 3 heterocycles. The Morgan fingerprint density at radius 2 is 1.67 bits per heavy atom. The second-order valence-electron chi connectivity index (χ2n) is 7.41. The van der Waals surface area contributed by atoms with Crippen molar-refractivity contribution in [1.82, 2.24) is 14.1 Å². The molecule has 3 rings (SSSR count). The number of rotatable bonds is 4. The Morgan fingerprint density at radius 1 is 1.07 bits per heavy atom. The first-order chi connectivity index (χ1) is 12.7. The number of carbonyl (C=O) groups is 2. The molecular weight excluding hydrogens is 370 g/mol. The monoisotopic (exact) mass is 399 g/mol. The Morgan fingerprint density at radius 3 is 2.19 bits per heavy atom. The molecule has 2 saturated heterocycles. The zero-order valence-electron chi connectivity index (χ0n) is 16.4. The molecule has 3 aliphatic heterocycles. The molecule has 3 aliphatic rings. The average Bonchev–Trinajstić information content (AvgIpc) is 2.91. The zero-order valence-corrected chi connectivity index (χ0v) is 17.2. The Balaban J connectivity index is 1.79. The van der Waals surface area contributed by atoms with E-state index in [2.05, 4.69) is 11.8 Å². The summed E-state index contributed by atoms with van der Waals surface area (Å²) in [4.78, 5) is 29.6. The number of piperazine rings is 1. The quantitative estimate of drug-likeness (QED) is 0.628. The van der Waals surface area contributed by atoms with Crippen molar-refractivity contribution in [3.05, 3.63) is 11.1 Å². The maximum Gasteiger partial charge on any atom is 0.335 e. The molecule has 0 unspecified atom stereocenters. The Bertz CT molecular complexity index is 745. The number of carbonyl (C=O) groups excluding carboxylic acids is 2. The van der Waals surface area contributed by atoms with Crippen LogP contribution >= 0.6 is 0 Å². The number of likely N-dealkylation sites (N-methyl/N-ethyl adjacent to an activating group) is 1. The van der Waals surface area contributed by atoms with Crippen molar-refractivity contribution in [1.29, 1.82) is 0 Å². The van der Waals surface area contributed by atoms with Gasteiger partial charge in [-0.15, -0.1) is 0 Å². The summed E-state index contributed by atoms with van der Waals surface area (Å²) in [5, 5.41) is 0. The highest BCUT2D eigenvalue weighted by Gasteiger charge is 2.52. The molecule has 0 bridgehead atoms. The van der Waals surface area contributed by atoms with Crippen LogP contribution in [-0.4, -0.2) is 91.6 Å². The number of hydrogen-bond donors (Lipinski definition) is 0. The molecule has 152 valence electrons. The van der Waals surface area contributed by atoms with Gasteiger partial charge in [-0.05, 0) is 20.4 Å². The highest BCUT2D eigenvalue weighted by atomic mass is 32.2. The molecule has 27 heavy (non-hydrogen) atoms. The van der Waals surface area contributed by atoms with Gasteiger partial charge < -0.3 is 14.5 Å².